The molecule has 0 fully saturated rings. The number of para-hydroxylation sites is 3. The third-order valence-corrected chi connectivity index (χ3v) is 11.5. The van der Waals surface area contributed by atoms with Crippen molar-refractivity contribution in [3.63, 3.8) is 0 Å². The maximum absolute atomic E-state index is 9.02. The molecule has 260 valence electrons. The number of H-pyrrole nitrogens is 1. The number of hydrogen-bond acceptors (Lipinski definition) is 1. The SMILES string of the molecule is [2H]c1c([2H])c([2H])c(-c2c3ccccc3c(-c3cc(-c4cc(-c5cccc6c5[nH]c5ccccc56)c5oc6ccccc6c5c4)c4ccccc4c3)c3ccccc23)c([2H])c1[2H]. The molecule has 2 nitrogen and oxygen atoms in total. The van der Waals surface area contributed by atoms with Crippen LogP contribution in [0.3, 0.4) is 0 Å². The number of nitrogens with one attached hydrogen (secondary N) is 1. The Morgan fingerprint density at radius 3 is 1.73 bits per heavy atom. The normalized spacial score (nSPS) is 13.2. The molecule has 1 N–H and O–H groups in total. The fraction of sp³-hybridized carbons (Fsp3) is 0. The molecule has 0 unspecified atom stereocenters. The molecular weight excluding hydrogens is 679 g/mol. The molecule has 0 aliphatic carbocycles. The van der Waals surface area contributed by atoms with Crippen molar-refractivity contribution in [2.45, 2.75) is 0 Å². The topological polar surface area (TPSA) is 28.9 Å². The molecular formula is C54H33NO. The molecule has 0 radical (unpaired) electrons. The highest BCUT2D eigenvalue weighted by Gasteiger charge is 2.21. The lowest BCUT2D eigenvalue weighted by atomic mass is 9.84. The maximum Gasteiger partial charge on any atom is 0.143 e. The summed E-state index contributed by atoms with van der Waals surface area (Å²) in [7, 11) is 0. The molecule has 0 saturated carbocycles. The van der Waals surface area contributed by atoms with Gasteiger partial charge in [-0.05, 0) is 102 Å². The van der Waals surface area contributed by atoms with Gasteiger partial charge < -0.3 is 9.40 Å². The van der Waals surface area contributed by atoms with Crippen LogP contribution in [0.25, 0.3) is 121 Å². The molecule has 12 rings (SSSR count). The van der Waals surface area contributed by atoms with Gasteiger partial charge in [0.05, 0.1) is 12.4 Å². The lowest BCUT2D eigenvalue weighted by Gasteiger charge is -2.19. The second-order valence-electron chi connectivity index (χ2n) is 14.5. The largest absolute Gasteiger partial charge is 0.455 e. The number of rotatable bonds is 4. The van der Waals surface area contributed by atoms with Crippen LogP contribution in [-0.2, 0) is 0 Å². The highest BCUT2D eigenvalue weighted by Crippen LogP contribution is 2.47. The summed E-state index contributed by atoms with van der Waals surface area (Å²) >= 11 is 0. The summed E-state index contributed by atoms with van der Waals surface area (Å²) in [6.45, 7) is 0. The van der Waals surface area contributed by atoms with Crippen LogP contribution < -0.4 is 0 Å². The molecule has 0 spiro atoms. The summed E-state index contributed by atoms with van der Waals surface area (Å²) < 4.78 is 50.2. The van der Waals surface area contributed by atoms with E-state index in [4.69, 9.17) is 11.3 Å². The third kappa shape index (κ3) is 4.57. The second-order valence-corrected chi connectivity index (χ2v) is 14.5. The molecule has 0 aliphatic rings. The molecule has 10 aromatic carbocycles. The summed E-state index contributed by atoms with van der Waals surface area (Å²) in [4.78, 5) is 3.73. The highest BCUT2D eigenvalue weighted by molar-refractivity contribution is 6.23. The molecule has 0 aliphatic heterocycles. The Bertz CT molecular complexity index is 3760. The first-order valence-electron chi connectivity index (χ1n) is 21.3. The molecule has 0 saturated heterocycles. The van der Waals surface area contributed by atoms with Gasteiger partial charge in [0.1, 0.15) is 11.2 Å². The molecule has 0 bridgehead atoms. The van der Waals surface area contributed by atoms with Crippen molar-refractivity contribution in [2.75, 3.05) is 0 Å². The zero-order chi connectivity index (χ0) is 41.1. The molecule has 12 aromatic rings. The number of benzene rings is 10. The van der Waals surface area contributed by atoms with E-state index in [1.54, 1.807) is 0 Å². The van der Waals surface area contributed by atoms with Crippen LogP contribution >= 0.6 is 0 Å². The van der Waals surface area contributed by atoms with Gasteiger partial charge in [0.15, 0.2) is 0 Å². The number of fused-ring (bicyclic) bond motifs is 9. The Hall–Kier alpha value is -7.42. The van der Waals surface area contributed by atoms with Gasteiger partial charge >= 0.3 is 0 Å². The Balaban J connectivity index is 1.18. The summed E-state index contributed by atoms with van der Waals surface area (Å²) in [5, 5.41) is 10.1. The van der Waals surface area contributed by atoms with Gasteiger partial charge in [0.2, 0.25) is 0 Å². The first-order chi connectivity index (χ1) is 29.9. The first kappa shape index (κ1) is 26.4. The Labute approximate surface area is 329 Å². The van der Waals surface area contributed by atoms with E-state index >= 15 is 0 Å². The van der Waals surface area contributed by atoms with E-state index in [0.29, 0.717) is 5.56 Å². The van der Waals surface area contributed by atoms with Crippen LogP contribution in [0.4, 0.5) is 0 Å². The summed E-state index contributed by atoms with van der Waals surface area (Å²) in [6, 6.07) is 55.2. The Morgan fingerprint density at radius 1 is 0.393 bits per heavy atom. The van der Waals surface area contributed by atoms with Crippen molar-refractivity contribution < 1.29 is 11.3 Å². The van der Waals surface area contributed by atoms with Crippen LogP contribution in [0.5, 0.6) is 0 Å². The highest BCUT2D eigenvalue weighted by atomic mass is 16.3. The predicted molar refractivity (Wildman–Crippen MR) is 237 cm³/mol. The number of hydrogen-bond donors (Lipinski definition) is 1. The standard InChI is InChI=1S/C54H33NO/c1-2-15-33(16-3-1)51-40-21-6-8-23-42(40)52(43-24-9-7-22-41(43)51)36-29-34-17-4-5-18-37(34)46(32-36)35-30-47-39-20-11-13-28-50(39)56-54(47)48(31-35)45-26-14-25-44-38-19-10-12-27-49(38)55-53(44)45/h1-32,55H/i1D,2D,3D,15D,16D. The minimum Gasteiger partial charge on any atom is -0.455 e. The van der Waals surface area contributed by atoms with Crippen LogP contribution in [0.1, 0.15) is 6.85 Å². The lowest BCUT2D eigenvalue weighted by molar-refractivity contribution is 0.670. The van der Waals surface area contributed by atoms with E-state index in [2.05, 4.69) is 120 Å². The molecule has 56 heavy (non-hydrogen) atoms. The minimum absolute atomic E-state index is 0.197. The molecule has 0 atom stereocenters. The fourth-order valence-corrected chi connectivity index (χ4v) is 9.06. The molecule has 0 amide bonds. The van der Waals surface area contributed by atoms with Crippen molar-refractivity contribution in [3.05, 3.63) is 194 Å². The van der Waals surface area contributed by atoms with E-state index in [1.165, 1.54) is 5.39 Å². The summed E-state index contributed by atoms with van der Waals surface area (Å²) in [5.41, 5.74) is 10.8. The number of aromatic nitrogens is 1. The lowest BCUT2D eigenvalue weighted by Crippen LogP contribution is -1.92. The van der Waals surface area contributed by atoms with Gasteiger partial charge in [0, 0.05) is 38.2 Å². The maximum atomic E-state index is 9.02. The van der Waals surface area contributed by atoms with Crippen molar-refractivity contribution in [1.82, 2.24) is 4.98 Å². The zero-order valence-corrected chi connectivity index (χ0v) is 30.0. The average molecular weight is 717 g/mol. The average Bonchev–Trinajstić information content (AvgIpc) is 3.88. The van der Waals surface area contributed by atoms with E-state index in [-0.39, 0.29) is 29.7 Å². The molecule has 2 heterocycles. The van der Waals surface area contributed by atoms with Crippen LogP contribution in [0.15, 0.2) is 198 Å². The minimum atomic E-state index is -0.407. The summed E-state index contributed by atoms with van der Waals surface area (Å²) in [5.74, 6) is 0. The quantitative estimate of drug-likeness (QED) is 0.181. The summed E-state index contributed by atoms with van der Waals surface area (Å²) in [6.07, 6.45) is 0. The number of aromatic amines is 1. The van der Waals surface area contributed by atoms with E-state index < -0.39 is 6.04 Å². The smallest absolute Gasteiger partial charge is 0.143 e. The van der Waals surface area contributed by atoms with Crippen molar-refractivity contribution in [1.29, 1.82) is 0 Å². The van der Waals surface area contributed by atoms with Crippen LogP contribution in [0.2, 0.25) is 0 Å². The van der Waals surface area contributed by atoms with Gasteiger partial charge in [0.25, 0.3) is 0 Å². The van der Waals surface area contributed by atoms with E-state index in [1.807, 2.05) is 48.5 Å². The van der Waals surface area contributed by atoms with Crippen molar-refractivity contribution in [3.8, 4) is 44.5 Å². The van der Waals surface area contributed by atoms with Gasteiger partial charge in [-0.3, -0.25) is 0 Å². The molecule has 2 heteroatoms. The Kier molecular flexibility index (Phi) is 5.67. The molecule has 2 aromatic heterocycles. The van der Waals surface area contributed by atoms with Crippen molar-refractivity contribution >= 4 is 76.1 Å². The first-order valence-corrected chi connectivity index (χ1v) is 18.8. The monoisotopic (exact) mass is 716 g/mol. The third-order valence-electron chi connectivity index (χ3n) is 11.5. The van der Waals surface area contributed by atoms with Gasteiger partial charge in [-0.1, -0.05) is 158 Å². The predicted octanol–water partition coefficient (Wildman–Crippen LogP) is 15.3. The Morgan fingerprint density at radius 2 is 0.982 bits per heavy atom. The van der Waals surface area contributed by atoms with Gasteiger partial charge in [-0.2, -0.15) is 0 Å². The van der Waals surface area contributed by atoms with Crippen molar-refractivity contribution in [2.24, 2.45) is 0 Å². The van der Waals surface area contributed by atoms with E-state index in [9.17, 15) is 0 Å². The van der Waals surface area contributed by atoms with E-state index in [0.717, 1.165) is 104 Å². The van der Waals surface area contributed by atoms with Crippen LogP contribution in [0, 0.1) is 0 Å². The van der Waals surface area contributed by atoms with Gasteiger partial charge in [-0.25, -0.2) is 0 Å². The van der Waals surface area contributed by atoms with Crippen LogP contribution in [-0.4, -0.2) is 4.98 Å². The fourth-order valence-electron chi connectivity index (χ4n) is 9.06. The zero-order valence-electron chi connectivity index (χ0n) is 35.0. The second kappa shape index (κ2) is 12.0. The number of furan rings is 1. The van der Waals surface area contributed by atoms with Gasteiger partial charge in [-0.15, -0.1) is 0 Å².